The summed E-state index contributed by atoms with van der Waals surface area (Å²) in [5.41, 5.74) is 2.25. The number of unbranched alkanes of at least 4 members (excludes halogenated alkanes) is 1. The van der Waals surface area contributed by atoms with Gasteiger partial charge in [-0.15, -0.1) is 11.6 Å². The zero-order valence-electron chi connectivity index (χ0n) is 11.4. The molecule has 0 N–H and O–H groups in total. The van der Waals surface area contributed by atoms with Gasteiger partial charge in [-0.1, -0.05) is 0 Å². The minimum Gasteiger partial charge on any atom is -0.327 e. The average Bonchev–Trinajstić information content (AvgIpc) is 2.71. The molecule has 0 aliphatic heterocycles. The van der Waals surface area contributed by atoms with Crippen LogP contribution in [0.3, 0.4) is 0 Å². The molecule has 0 amide bonds. The smallest absolute Gasteiger partial charge is 0.124 e. The zero-order chi connectivity index (χ0) is 13.8. The van der Waals surface area contributed by atoms with Gasteiger partial charge >= 0.3 is 0 Å². The van der Waals surface area contributed by atoms with E-state index in [-0.39, 0.29) is 0 Å². The lowest BCUT2D eigenvalue weighted by Crippen LogP contribution is -2.13. The zero-order valence-corrected chi connectivity index (χ0v) is 14.3. The van der Waals surface area contributed by atoms with E-state index in [2.05, 4.69) is 69.3 Å². The van der Waals surface area contributed by atoms with Crippen molar-refractivity contribution >= 4 is 45.2 Å². The van der Waals surface area contributed by atoms with Crippen molar-refractivity contribution in [1.82, 2.24) is 14.5 Å². The van der Waals surface area contributed by atoms with E-state index in [9.17, 15) is 0 Å². The summed E-state index contributed by atoms with van der Waals surface area (Å²) in [5, 5.41) is 0. The van der Waals surface area contributed by atoms with Gasteiger partial charge in [0.25, 0.3) is 0 Å². The quantitative estimate of drug-likeness (QED) is 0.425. The fourth-order valence-corrected chi connectivity index (χ4v) is 2.88. The van der Waals surface area contributed by atoms with Gasteiger partial charge in [0.1, 0.15) is 5.82 Å². The molecule has 0 fully saturated rings. The van der Waals surface area contributed by atoms with Gasteiger partial charge in [-0.2, -0.15) is 0 Å². The first-order valence-electron chi connectivity index (χ1n) is 6.47. The topological polar surface area (TPSA) is 21.1 Å². The SMILES string of the molecule is CN(C)CCCCn1c(CCl)nc2cc(I)ccc21. The van der Waals surface area contributed by atoms with Crippen LogP contribution in [0.4, 0.5) is 0 Å². The lowest BCUT2D eigenvalue weighted by atomic mass is 10.2. The number of imidazole rings is 1. The largest absolute Gasteiger partial charge is 0.327 e. The lowest BCUT2D eigenvalue weighted by Gasteiger charge is -2.11. The number of aryl methyl sites for hydroxylation is 1. The molecule has 2 rings (SSSR count). The predicted octanol–water partition coefficient (Wildman–Crippen LogP) is 3.72. The Bertz CT molecular complexity index is 551. The molecule has 2 aromatic rings. The van der Waals surface area contributed by atoms with Crippen molar-refractivity contribution in [2.75, 3.05) is 20.6 Å². The third-order valence-electron chi connectivity index (χ3n) is 3.15. The van der Waals surface area contributed by atoms with Crippen molar-refractivity contribution in [3.63, 3.8) is 0 Å². The molecule has 0 bridgehead atoms. The molecule has 0 radical (unpaired) electrons. The molecule has 0 unspecified atom stereocenters. The maximum Gasteiger partial charge on any atom is 0.124 e. The lowest BCUT2D eigenvalue weighted by molar-refractivity contribution is 0.388. The van der Waals surface area contributed by atoms with Crippen LogP contribution in [0.5, 0.6) is 0 Å². The third kappa shape index (κ3) is 3.83. The summed E-state index contributed by atoms with van der Waals surface area (Å²) >= 11 is 8.33. The van der Waals surface area contributed by atoms with Crippen LogP contribution in [0.1, 0.15) is 18.7 Å². The third-order valence-corrected chi connectivity index (χ3v) is 4.06. The van der Waals surface area contributed by atoms with Crippen molar-refractivity contribution in [3.05, 3.63) is 27.6 Å². The first-order chi connectivity index (χ1) is 9.11. The predicted molar refractivity (Wildman–Crippen MR) is 89.8 cm³/mol. The second-order valence-corrected chi connectivity index (χ2v) is 6.47. The Kier molecular flexibility index (Phi) is 5.47. The normalized spacial score (nSPS) is 11.6. The van der Waals surface area contributed by atoms with Crippen molar-refractivity contribution in [2.45, 2.75) is 25.3 Å². The number of benzene rings is 1. The molecule has 1 heterocycles. The molecular weight excluding hydrogens is 373 g/mol. The van der Waals surface area contributed by atoms with E-state index in [0.717, 1.165) is 30.9 Å². The fourth-order valence-electron chi connectivity index (χ4n) is 2.20. The van der Waals surface area contributed by atoms with Crippen molar-refractivity contribution in [2.24, 2.45) is 0 Å². The average molecular weight is 392 g/mol. The Hall–Kier alpha value is -0.330. The first-order valence-corrected chi connectivity index (χ1v) is 8.08. The minimum absolute atomic E-state index is 0.471. The summed E-state index contributed by atoms with van der Waals surface area (Å²) in [6.45, 7) is 2.12. The van der Waals surface area contributed by atoms with Crippen LogP contribution in [0.25, 0.3) is 11.0 Å². The molecule has 0 saturated heterocycles. The van der Waals surface area contributed by atoms with Crippen LogP contribution < -0.4 is 0 Å². The number of hydrogen-bond donors (Lipinski definition) is 0. The number of fused-ring (bicyclic) bond motifs is 1. The highest BCUT2D eigenvalue weighted by atomic mass is 127. The van der Waals surface area contributed by atoms with Crippen molar-refractivity contribution in [1.29, 1.82) is 0 Å². The molecule has 19 heavy (non-hydrogen) atoms. The van der Waals surface area contributed by atoms with Gasteiger partial charge in [-0.05, 0) is 74.3 Å². The maximum atomic E-state index is 6.01. The van der Waals surface area contributed by atoms with Crippen LogP contribution in [0.15, 0.2) is 18.2 Å². The summed E-state index contributed by atoms with van der Waals surface area (Å²) in [7, 11) is 4.22. The van der Waals surface area contributed by atoms with Crippen molar-refractivity contribution in [3.8, 4) is 0 Å². The fraction of sp³-hybridized carbons (Fsp3) is 0.500. The molecule has 3 nitrogen and oxygen atoms in total. The standard InChI is InChI=1S/C14H19ClIN3/c1-18(2)7-3-4-8-19-13-6-5-11(16)9-12(13)17-14(19)10-15/h5-6,9H,3-4,7-8,10H2,1-2H3. The van der Waals surface area contributed by atoms with Gasteiger partial charge in [0.15, 0.2) is 0 Å². The van der Waals surface area contributed by atoms with E-state index in [1.165, 1.54) is 15.5 Å². The Morgan fingerprint density at radius 3 is 2.79 bits per heavy atom. The van der Waals surface area contributed by atoms with E-state index in [4.69, 9.17) is 11.6 Å². The molecule has 0 saturated carbocycles. The molecule has 104 valence electrons. The van der Waals surface area contributed by atoms with Crippen molar-refractivity contribution < 1.29 is 0 Å². The van der Waals surface area contributed by atoms with E-state index in [1.807, 2.05) is 0 Å². The molecule has 5 heteroatoms. The molecule has 0 spiro atoms. The Morgan fingerprint density at radius 1 is 1.32 bits per heavy atom. The van der Waals surface area contributed by atoms with Gasteiger partial charge < -0.3 is 9.47 Å². The van der Waals surface area contributed by atoms with E-state index in [1.54, 1.807) is 0 Å². The summed E-state index contributed by atoms with van der Waals surface area (Å²) in [6, 6.07) is 6.38. The summed E-state index contributed by atoms with van der Waals surface area (Å²) in [6.07, 6.45) is 2.35. The minimum atomic E-state index is 0.471. The van der Waals surface area contributed by atoms with Gasteiger partial charge in [0, 0.05) is 10.1 Å². The number of nitrogens with zero attached hydrogens (tertiary/aromatic N) is 3. The Balaban J connectivity index is 2.16. The number of hydrogen-bond acceptors (Lipinski definition) is 2. The number of rotatable bonds is 6. The number of halogens is 2. The maximum absolute atomic E-state index is 6.01. The van der Waals surface area contributed by atoms with Crippen LogP contribution in [-0.4, -0.2) is 35.1 Å². The number of aromatic nitrogens is 2. The highest BCUT2D eigenvalue weighted by Gasteiger charge is 2.09. The monoisotopic (exact) mass is 391 g/mol. The van der Waals surface area contributed by atoms with Crippen LogP contribution in [-0.2, 0) is 12.4 Å². The summed E-state index contributed by atoms with van der Waals surface area (Å²) in [4.78, 5) is 6.84. The first kappa shape index (κ1) is 15.1. The van der Waals surface area contributed by atoms with Crippen LogP contribution in [0, 0.1) is 3.57 Å². The Morgan fingerprint density at radius 2 is 2.11 bits per heavy atom. The molecule has 0 atom stereocenters. The molecular formula is C14H19ClIN3. The van der Waals surface area contributed by atoms with Gasteiger partial charge in [-0.25, -0.2) is 4.98 Å². The Labute approximate surface area is 133 Å². The summed E-state index contributed by atoms with van der Waals surface area (Å²) in [5.74, 6) is 1.45. The second-order valence-electron chi connectivity index (χ2n) is 4.96. The van der Waals surface area contributed by atoms with E-state index >= 15 is 0 Å². The van der Waals surface area contributed by atoms with Gasteiger partial charge in [0.05, 0.1) is 16.9 Å². The molecule has 1 aromatic carbocycles. The van der Waals surface area contributed by atoms with E-state index < -0.39 is 0 Å². The van der Waals surface area contributed by atoms with Crippen LogP contribution >= 0.6 is 34.2 Å². The molecule has 0 aliphatic carbocycles. The van der Waals surface area contributed by atoms with Gasteiger partial charge in [-0.3, -0.25) is 0 Å². The van der Waals surface area contributed by atoms with E-state index in [0.29, 0.717) is 5.88 Å². The number of alkyl halides is 1. The van der Waals surface area contributed by atoms with Crippen LogP contribution in [0.2, 0.25) is 0 Å². The summed E-state index contributed by atoms with van der Waals surface area (Å²) < 4.78 is 3.47. The highest BCUT2D eigenvalue weighted by molar-refractivity contribution is 14.1. The van der Waals surface area contributed by atoms with Gasteiger partial charge in [0.2, 0.25) is 0 Å². The highest BCUT2D eigenvalue weighted by Crippen LogP contribution is 2.20. The molecule has 1 aromatic heterocycles. The molecule has 0 aliphatic rings. The second kappa shape index (κ2) is 6.90.